The molecule has 21 heavy (non-hydrogen) atoms. The average Bonchev–Trinajstić information content (AvgIpc) is 2.50. The second kappa shape index (κ2) is 6.31. The average molecular weight is 285 g/mol. The fraction of sp³-hybridized carbons (Fsp3) is 0.235. The predicted octanol–water partition coefficient (Wildman–Crippen LogP) is 3.20. The maximum atomic E-state index is 12.2. The number of methoxy groups -OCH3 is 1. The molecular weight excluding hydrogens is 266 g/mol. The summed E-state index contributed by atoms with van der Waals surface area (Å²) >= 11 is 0. The monoisotopic (exact) mass is 285 g/mol. The predicted molar refractivity (Wildman–Crippen MR) is 81.7 cm³/mol. The van der Waals surface area contributed by atoms with Gasteiger partial charge in [0.25, 0.3) is 5.91 Å². The number of phenols is 1. The summed E-state index contributed by atoms with van der Waals surface area (Å²) in [6.45, 7) is 3.66. The van der Waals surface area contributed by atoms with Gasteiger partial charge in [-0.05, 0) is 43.2 Å². The fourth-order valence-electron chi connectivity index (χ4n) is 2.09. The summed E-state index contributed by atoms with van der Waals surface area (Å²) in [5, 5.41) is 12.8. The number of hydrogen-bond acceptors (Lipinski definition) is 3. The Bertz CT molecular complexity index is 635. The highest BCUT2D eigenvalue weighted by molar-refractivity contribution is 5.97. The van der Waals surface area contributed by atoms with Crippen LogP contribution in [0.2, 0.25) is 0 Å². The van der Waals surface area contributed by atoms with Crippen molar-refractivity contribution < 1.29 is 14.6 Å². The molecule has 4 heteroatoms. The van der Waals surface area contributed by atoms with E-state index in [1.165, 1.54) is 0 Å². The van der Waals surface area contributed by atoms with Gasteiger partial charge in [-0.2, -0.15) is 0 Å². The number of nitrogens with one attached hydrogen (secondary N) is 1. The van der Waals surface area contributed by atoms with Crippen molar-refractivity contribution in [3.05, 3.63) is 59.2 Å². The molecule has 0 fully saturated rings. The number of carbonyl (C=O) groups excluding carboxylic acids is 1. The largest absolute Gasteiger partial charge is 0.507 e. The minimum Gasteiger partial charge on any atom is -0.507 e. The third-order valence-corrected chi connectivity index (χ3v) is 3.45. The summed E-state index contributed by atoms with van der Waals surface area (Å²) in [4.78, 5) is 12.2. The van der Waals surface area contributed by atoms with Crippen LogP contribution in [-0.4, -0.2) is 18.1 Å². The van der Waals surface area contributed by atoms with Gasteiger partial charge in [0.1, 0.15) is 11.5 Å². The summed E-state index contributed by atoms with van der Waals surface area (Å²) in [6.07, 6.45) is 0. The number of phenolic OH excluding ortho intramolecular Hbond substituents is 1. The first-order valence-corrected chi connectivity index (χ1v) is 6.76. The zero-order valence-electron chi connectivity index (χ0n) is 12.4. The van der Waals surface area contributed by atoms with E-state index >= 15 is 0 Å². The van der Waals surface area contributed by atoms with Gasteiger partial charge in [-0.25, -0.2) is 0 Å². The summed E-state index contributed by atoms with van der Waals surface area (Å²) in [5.74, 6) is 0.505. The van der Waals surface area contributed by atoms with Crippen molar-refractivity contribution in [2.75, 3.05) is 7.11 Å². The molecule has 0 radical (unpaired) electrons. The highest BCUT2D eigenvalue weighted by atomic mass is 16.5. The third kappa shape index (κ3) is 3.34. The van der Waals surface area contributed by atoms with Gasteiger partial charge in [0, 0.05) is 0 Å². The van der Waals surface area contributed by atoms with Crippen molar-refractivity contribution in [3.63, 3.8) is 0 Å². The summed E-state index contributed by atoms with van der Waals surface area (Å²) < 4.78 is 5.11. The van der Waals surface area contributed by atoms with Crippen molar-refractivity contribution in [2.45, 2.75) is 19.9 Å². The Hall–Kier alpha value is -2.49. The molecule has 1 unspecified atom stereocenters. The van der Waals surface area contributed by atoms with E-state index in [0.29, 0.717) is 5.56 Å². The topological polar surface area (TPSA) is 58.6 Å². The van der Waals surface area contributed by atoms with Gasteiger partial charge < -0.3 is 15.2 Å². The van der Waals surface area contributed by atoms with E-state index < -0.39 is 0 Å². The van der Waals surface area contributed by atoms with Crippen LogP contribution >= 0.6 is 0 Å². The molecule has 0 saturated heterocycles. The lowest BCUT2D eigenvalue weighted by atomic mass is 10.1. The van der Waals surface area contributed by atoms with Crippen LogP contribution in [-0.2, 0) is 0 Å². The lowest BCUT2D eigenvalue weighted by Gasteiger charge is -2.15. The van der Waals surface area contributed by atoms with Gasteiger partial charge >= 0.3 is 0 Å². The molecule has 0 aromatic heterocycles. The first kappa shape index (κ1) is 14.9. The Kier molecular flexibility index (Phi) is 4.48. The molecule has 0 aliphatic rings. The second-order valence-corrected chi connectivity index (χ2v) is 4.94. The van der Waals surface area contributed by atoms with E-state index in [2.05, 4.69) is 5.32 Å². The molecule has 2 N–H and O–H groups in total. The lowest BCUT2D eigenvalue weighted by Crippen LogP contribution is -2.26. The highest BCUT2D eigenvalue weighted by Gasteiger charge is 2.15. The summed E-state index contributed by atoms with van der Waals surface area (Å²) in [6, 6.07) is 12.5. The minimum absolute atomic E-state index is 0.0249. The van der Waals surface area contributed by atoms with Crippen molar-refractivity contribution in [1.29, 1.82) is 0 Å². The molecule has 0 aliphatic heterocycles. The Morgan fingerprint density at radius 1 is 1.19 bits per heavy atom. The van der Waals surface area contributed by atoms with Gasteiger partial charge in [0.05, 0.1) is 18.7 Å². The molecule has 2 rings (SSSR count). The normalized spacial score (nSPS) is 11.8. The molecule has 0 heterocycles. The van der Waals surface area contributed by atoms with Crippen LogP contribution in [0.15, 0.2) is 42.5 Å². The fourth-order valence-corrected chi connectivity index (χ4v) is 2.09. The molecule has 110 valence electrons. The van der Waals surface area contributed by atoms with Crippen LogP contribution in [0.4, 0.5) is 0 Å². The van der Waals surface area contributed by atoms with Crippen LogP contribution in [0.5, 0.6) is 11.5 Å². The molecule has 0 bridgehead atoms. The van der Waals surface area contributed by atoms with Crippen molar-refractivity contribution in [2.24, 2.45) is 0 Å². The van der Waals surface area contributed by atoms with Gasteiger partial charge in [-0.3, -0.25) is 4.79 Å². The van der Waals surface area contributed by atoms with E-state index in [-0.39, 0.29) is 23.3 Å². The van der Waals surface area contributed by atoms with Crippen LogP contribution in [0, 0.1) is 6.92 Å². The molecule has 2 aromatic rings. The maximum Gasteiger partial charge on any atom is 0.255 e. The highest BCUT2D eigenvalue weighted by Crippen LogP contribution is 2.23. The smallest absolute Gasteiger partial charge is 0.255 e. The number of carbonyl (C=O) groups is 1. The Balaban J connectivity index is 2.12. The van der Waals surface area contributed by atoms with Gasteiger partial charge in [0.2, 0.25) is 0 Å². The number of aromatic hydroxyl groups is 1. The first-order valence-electron chi connectivity index (χ1n) is 6.76. The van der Waals surface area contributed by atoms with Crippen molar-refractivity contribution in [3.8, 4) is 11.5 Å². The van der Waals surface area contributed by atoms with Gasteiger partial charge in [-0.15, -0.1) is 0 Å². The van der Waals surface area contributed by atoms with E-state index in [9.17, 15) is 9.90 Å². The molecule has 4 nitrogen and oxygen atoms in total. The lowest BCUT2D eigenvalue weighted by molar-refractivity contribution is 0.0937. The van der Waals surface area contributed by atoms with E-state index in [0.717, 1.165) is 11.3 Å². The Labute approximate surface area is 124 Å². The summed E-state index contributed by atoms with van der Waals surface area (Å²) in [7, 11) is 1.61. The standard InChI is InChI=1S/C17H19NO3/c1-11-5-4-6-15(16(11)19)17(20)18-12(2)13-7-9-14(21-3)10-8-13/h4-10,12,19H,1-3H3,(H,18,20). The zero-order valence-corrected chi connectivity index (χ0v) is 12.4. The number of amides is 1. The number of rotatable bonds is 4. The Morgan fingerprint density at radius 3 is 2.48 bits per heavy atom. The number of benzene rings is 2. The Morgan fingerprint density at radius 2 is 1.86 bits per heavy atom. The maximum absolute atomic E-state index is 12.2. The third-order valence-electron chi connectivity index (χ3n) is 3.45. The van der Waals surface area contributed by atoms with Gasteiger partial charge in [0.15, 0.2) is 0 Å². The second-order valence-electron chi connectivity index (χ2n) is 4.94. The number of aryl methyl sites for hydroxylation is 1. The first-order chi connectivity index (χ1) is 10.0. The number of hydrogen-bond donors (Lipinski definition) is 2. The molecule has 0 aliphatic carbocycles. The van der Waals surface area contributed by atoms with E-state index in [4.69, 9.17) is 4.74 Å². The van der Waals surface area contributed by atoms with E-state index in [1.54, 1.807) is 32.2 Å². The van der Waals surface area contributed by atoms with Crippen LogP contribution < -0.4 is 10.1 Å². The van der Waals surface area contributed by atoms with Crippen molar-refractivity contribution >= 4 is 5.91 Å². The van der Waals surface area contributed by atoms with Gasteiger partial charge in [-0.1, -0.05) is 24.3 Å². The van der Waals surface area contributed by atoms with Crippen molar-refractivity contribution in [1.82, 2.24) is 5.32 Å². The molecule has 2 aromatic carbocycles. The van der Waals surface area contributed by atoms with Crippen LogP contribution in [0.3, 0.4) is 0 Å². The molecule has 1 atom stereocenters. The molecule has 1 amide bonds. The quantitative estimate of drug-likeness (QED) is 0.907. The molecular formula is C17H19NO3. The summed E-state index contributed by atoms with van der Waals surface area (Å²) in [5.41, 5.74) is 1.94. The molecule has 0 spiro atoms. The van der Waals surface area contributed by atoms with E-state index in [1.807, 2.05) is 31.2 Å². The van der Waals surface area contributed by atoms with Crippen LogP contribution in [0.1, 0.15) is 34.5 Å². The van der Waals surface area contributed by atoms with Crippen LogP contribution in [0.25, 0.3) is 0 Å². The SMILES string of the molecule is COc1ccc(C(C)NC(=O)c2cccc(C)c2O)cc1. The minimum atomic E-state index is -0.292. The number of para-hydroxylation sites is 1. The number of ether oxygens (including phenoxy) is 1. The molecule has 0 saturated carbocycles. The zero-order chi connectivity index (χ0) is 15.4.